The minimum absolute atomic E-state index is 0. The molecule has 0 radical (unpaired) electrons. The van der Waals surface area contributed by atoms with Crippen molar-refractivity contribution in [2.24, 2.45) is 0 Å². The first kappa shape index (κ1) is 18.2. The molecule has 5 nitrogen and oxygen atoms in total. The molecule has 1 amide bonds. The zero-order valence-electron chi connectivity index (χ0n) is 11.2. The number of phenolic OH excluding ortho intramolecular Hbond substituents is 1. The second kappa shape index (κ2) is 8.58. The van der Waals surface area contributed by atoms with Crippen LogP contribution in [0.15, 0.2) is 48.5 Å². The van der Waals surface area contributed by atoms with Gasteiger partial charge in [-0.25, -0.2) is 4.79 Å². The number of carboxylic acid groups (broad SMARTS) is 1. The number of carbonyl (C=O) groups excluding carboxylic acids is 1. The molecule has 2 aromatic rings. The van der Waals surface area contributed by atoms with Crippen molar-refractivity contribution in [3.8, 4) is 5.75 Å². The Morgan fingerprint density at radius 1 is 1.00 bits per heavy atom. The summed E-state index contributed by atoms with van der Waals surface area (Å²) in [6.45, 7) is 0. The Hall–Kier alpha value is -1.82. The molecule has 0 saturated heterocycles. The van der Waals surface area contributed by atoms with Crippen molar-refractivity contribution in [3.63, 3.8) is 0 Å². The molecule has 22 heavy (non-hydrogen) atoms. The Balaban J connectivity index is 0.00000242. The summed E-state index contributed by atoms with van der Waals surface area (Å²) in [6.07, 6.45) is 0.750. The van der Waals surface area contributed by atoms with E-state index in [9.17, 15) is 14.7 Å². The van der Waals surface area contributed by atoms with Crippen LogP contribution < -0.4 is 5.32 Å². The summed E-state index contributed by atoms with van der Waals surface area (Å²) in [5.41, 5.74) is 1.28. The van der Waals surface area contributed by atoms with Gasteiger partial charge < -0.3 is 15.5 Å². The molecule has 0 aliphatic rings. The van der Waals surface area contributed by atoms with Gasteiger partial charge in [0.2, 0.25) is 5.91 Å². The number of aryl methyl sites for hydroxylation is 1. The van der Waals surface area contributed by atoms with E-state index in [1.165, 1.54) is 6.07 Å². The SMILES string of the molecule is O=C(CCc1ccc(O)cc1)Nc1ccccc1C(=O)O.[NaH]. The molecule has 0 heterocycles. The van der Waals surface area contributed by atoms with E-state index in [4.69, 9.17) is 5.11 Å². The van der Waals surface area contributed by atoms with Gasteiger partial charge in [0, 0.05) is 6.42 Å². The molecule has 0 unspecified atom stereocenters. The van der Waals surface area contributed by atoms with Gasteiger partial charge in [-0.3, -0.25) is 4.79 Å². The number of benzene rings is 2. The monoisotopic (exact) mass is 309 g/mol. The number of hydrogen-bond acceptors (Lipinski definition) is 3. The maximum atomic E-state index is 11.9. The number of rotatable bonds is 5. The van der Waals surface area contributed by atoms with Crippen molar-refractivity contribution >= 4 is 47.1 Å². The molecular formula is C16H16NNaO4. The molecule has 2 aromatic carbocycles. The number of carboxylic acids is 1. The summed E-state index contributed by atoms with van der Waals surface area (Å²) in [7, 11) is 0. The van der Waals surface area contributed by atoms with Crippen molar-refractivity contribution in [1.29, 1.82) is 0 Å². The summed E-state index contributed by atoms with van der Waals surface area (Å²) in [4.78, 5) is 22.9. The van der Waals surface area contributed by atoms with Crippen LogP contribution in [-0.4, -0.2) is 51.6 Å². The third-order valence-electron chi connectivity index (χ3n) is 3.01. The molecule has 0 fully saturated rings. The number of hydrogen-bond donors (Lipinski definition) is 3. The molecular weight excluding hydrogens is 293 g/mol. The number of anilines is 1. The van der Waals surface area contributed by atoms with Crippen molar-refractivity contribution in [2.75, 3.05) is 5.32 Å². The summed E-state index contributed by atoms with van der Waals surface area (Å²) in [5, 5.41) is 20.8. The molecule has 0 saturated carbocycles. The average Bonchev–Trinajstić information content (AvgIpc) is 2.47. The first-order valence-electron chi connectivity index (χ1n) is 6.46. The first-order chi connectivity index (χ1) is 10.1. The van der Waals surface area contributed by atoms with Crippen LogP contribution in [0.1, 0.15) is 22.3 Å². The number of aromatic carboxylic acids is 1. The van der Waals surface area contributed by atoms with E-state index >= 15 is 0 Å². The van der Waals surface area contributed by atoms with Gasteiger partial charge >= 0.3 is 35.5 Å². The Labute approximate surface area is 150 Å². The number of para-hydroxylation sites is 1. The molecule has 6 heteroatoms. The van der Waals surface area contributed by atoms with Crippen LogP contribution in [0, 0.1) is 0 Å². The van der Waals surface area contributed by atoms with Crippen LogP contribution in [0.2, 0.25) is 0 Å². The van der Waals surface area contributed by atoms with Crippen LogP contribution >= 0.6 is 0 Å². The first-order valence-corrected chi connectivity index (χ1v) is 6.46. The van der Waals surface area contributed by atoms with Crippen molar-refractivity contribution in [2.45, 2.75) is 12.8 Å². The average molecular weight is 309 g/mol. The number of amides is 1. The Morgan fingerprint density at radius 2 is 1.64 bits per heavy atom. The van der Waals surface area contributed by atoms with Gasteiger partial charge in [-0.2, -0.15) is 0 Å². The Morgan fingerprint density at radius 3 is 2.27 bits per heavy atom. The van der Waals surface area contributed by atoms with Gasteiger partial charge in [0.1, 0.15) is 5.75 Å². The molecule has 0 aliphatic heterocycles. The van der Waals surface area contributed by atoms with E-state index in [2.05, 4.69) is 5.32 Å². The fourth-order valence-electron chi connectivity index (χ4n) is 1.91. The van der Waals surface area contributed by atoms with Gasteiger partial charge in [0.15, 0.2) is 0 Å². The third-order valence-corrected chi connectivity index (χ3v) is 3.01. The molecule has 3 N–H and O–H groups in total. The molecule has 0 aromatic heterocycles. The van der Waals surface area contributed by atoms with E-state index in [1.54, 1.807) is 42.5 Å². The summed E-state index contributed by atoms with van der Waals surface area (Å²) < 4.78 is 0. The molecule has 0 aliphatic carbocycles. The summed E-state index contributed by atoms with van der Waals surface area (Å²) in [5.74, 6) is -1.15. The fourth-order valence-corrected chi connectivity index (χ4v) is 1.91. The van der Waals surface area contributed by atoms with Crippen molar-refractivity contribution in [3.05, 3.63) is 59.7 Å². The van der Waals surface area contributed by atoms with Crippen LogP contribution in [0.5, 0.6) is 5.75 Å². The van der Waals surface area contributed by atoms with E-state index in [1.807, 2.05) is 0 Å². The Bertz CT molecular complexity index is 655. The second-order valence-electron chi connectivity index (χ2n) is 4.57. The normalized spacial score (nSPS) is 9.64. The van der Waals surface area contributed by atoms with Crippen LogP contribution in [0.3, 0.4) is 0 Å². The molecule has 0 bridgehead atoms. The number of carbonyl (C=O) groups is 2. The molecule has 0 atom stereocenters. The van der Waals surface area contributed by atoms with E-state index < -0.39 is 5.97 Å². The summed E-state index contributed by atoms with van der Waals surface area (Å²) in [6, 6.07) is 12.9. The fraction of sp³-hybridized carbons (Fsp3) is 0.125. The predicted octanol–water partition coefficient (Wildman–Crippen LogP) is 2.01. The molecule has 110 valence electrons. The third kappa shape index (κ3) is 5.18. The zero-order chi connectivity index (χ0) is 15.2. The molecule has 0 spiro atoms. The topological polar surface area (TPSA) is 86.6 Å². The van der Waals surface area contributed by atoms with Crippen LogP contribution in [-0.2, 0) is 11.2 Å². The molecule has 2 rings (SSSR count). The van der Waals surface area contributed by atoms with Crippen LogP contribution in [0.4, 0.5) is 5.69 Å². The van der Waals surface area contributed by atoms with Gasteiger partial charge in [0.05, 0.1) is 11.3 Å². The predicted molar refractivity (Wildman–Crippen MR) is 85.6 cm³/mol. The van der Waals surface area contributed by atoms with E-state index in [0.717, 1.165) is 5.56 Å². The Kier molecular flexibility index (Phi) is 7.11. The summed E-state index contributed by atoms with van der Waals surface area (Å²) >= 11 is 0. The van der Waals surface area contributed by atoms with Crippen molar-refractivity contribution in [1.82, 2.24) is 0 Å². The van der Waals surface area contributed by atoms with Gasteiger partial charge in [-0.15, -0.1) is 0 Å². The quantitative estimate of drug-likeness (QED) is 0.737. The second-order valence-corrected chi connectivity index (χ2v) is 4.57. The standard InChI is InChI=1S/C16H15NO4.Na.H/c18-12-8-5-11(6-9-12)7-10-15(19)17-14-4-2-1-3-13(14)16(20)21;;/h1-6,8-9,18H,7,10H2,(H,17,19)(H,20,21);;. The van der Waals surface area contributed by atoms with E-state index in [0.29, 0.717) is 12.1 Å². The minimum atomic E-state index is -1.08. The number of aromatic hydroxyl groups is 1. The number of nitrogens with one attached hydrogen (secondary N) is 1. The van der Waals surface area contributed by atoms with Crippen molar-refractivity contribution < 1.29 is 19.8 Å². The maximum absolute atomic E-state index is 11.9. The van der Waals surface area contributed by atoms with Gasteiger partial charge in [-0.1, -0.05) is 24.3 Å². The van der Waals surface area contributed by atoms with Gasteiger partial charge in [-0.05, 0) is 36.2 Å². The number of phenols is 1. The zero-order valence-corrected chi connectivity index (χ0v) is 11.2. The van der Waals surface area contributed by atoms with Gasteiger partial charge in [0.25, 0.3) is 0 Å². The van der Waals surface area contributed by atoms with Crippen LogP contribution in [0.25, 0.3) is 0 Å². The van der Waals surface area contributed by atoms with E-state index in [-0.39, 0.29) is 53.2 Å².